The van der Waals surface area contributed by atoms with Gasteiger partial charge < -0.3 is 4.74 Å². The molecule has 2 aromatic rings. The molecule has 0 saturated heterocycles. The van der Waals surface area contributed by atoms with Gasteiger partial charge in [-0.3, -0.25) is 9.48 Å². The molecule has 0 atom stereocenters. The molecule has 0 aliphatic heterocycles. The SMILES string of the molecule is CC(=O)Cc1ccc(OCCn2cccn2)cc1. The molecule has 0 unspecified atom stereocenters. The minimum absolute atomic E-state index is 0.169. The first-order valence-electron chi connectivity index (χ1n) is 5.92. The molecule has 18 heavy (non-hydrogen) atoms. The molecule has 0 aliphatic carbocycles. The Bertz CT molecular complexity index is 489. The number of ether oxygens (including phenoxy) is 1. The minimum Gasteiger partial charge on any atom is -0.492 e. The van der Waals surface area contributed by atoms with E-state index in [1.165, 1.54) is 0 Å². The second-order valence-corrected chi connectivity index (χ2v) is 4.14. The molecule has 1 heterocycles. The molecule has 0 spiro atoms. The monoisotopic (exact) mass is 244 g/mol. The number of carbonyl (C=O) groups excluding carboxylic acids is 1. The van der Waals surface area contributed by atoms with Crippen LogP contribution in [0.1, 0.15) is 12.5 Å². The van der Waals surface area contributed by atoms with Crippen molar-refractivity contribution < 1.29 is 9.53 Å². The summed E-state index contributed by atoms with van der Waals surface area (Å²) < 4.78 is 7.42. The molecule has 0 saturated carbocycles. The molecule has 1 aromatic heterocycles. The molecule has 0 aliphatic rings. The Morgan fingerprint density at radius 1 is 1.33 bits per heavy atom. The molecule has 0 N–H and O–H groups in total. The first-order chi connectivity index (χ1) is 8.74. The number of rotatable bonds is 6. The number of ketones is 1. The van der Waals surface area contributed by atoms with E-state index >= 15 is 0 Å². The summed E-state index contributed by atoms with van der Waals surface area (Å²) in [6.07, 6.45) is 4.13. The fourth-order valence-electron chi connectivity index (χ4n) is 1.68. The van der Waals surface area contributed by atoms with Crippen LogP contribution >= 0.6 is 0 Å². The molecule has 4 nitrogen and oxygen atoms in total. The van der Waals surface area contributed by atoms with Crippen LogP contribution in [0.25, 0.3) is 0 Å². The second kappa shape index (κ2) is 6.00. The van der Waals surface area contributed by atoms with E-state index < -0.39 is 0 Å². The fourth-order valence-corrected chi connectivity index (χ4v) is 1.68. The molecule has 1 aromatic carbocycles. The van der Waals surface area contributed by atoms with Crippen LogP contribution in [0.4, 0.5) is 0 Å². The van der Waals surface area contributed by atoms with Crippen molar-refractivity contribution in [3.63, 3.8) is 0 Å². The number of Topliss-reactive ketones (excluding diaryl/α,β-unsaturated/α-hetero) is 1. The van der Waals surface area contributed by atoms with Gasteiger partial charge in [-0.2, -0.15) is 5.10 Å². The van der Waals surface area contributed by atoms with Gasteiger partial charge in [0.2, 0.25) is 0 Å². The zero-order chi connectivity index (χ0) is 12.8. The Morgan fingerprint density at radius 3 is 2.72 bits per heavy atom. The first-order valence-corrected chi connectivity index (χ1v) is 5.92. The highest BCUT2D eigenvalue weighted by molar-refractivity contribution is 5.78. The molecule has 0 bridgehead atoms. The quantitative estimate of drug-likeness (QED) is 0.781. The highest BCUT2D eigenvalue weighted by atomic mass is 16.5. The lowest BCUT2D eigenvalue weighted by atomic mass is 10.1. The Balaban J connectivity index is 1.81. The Hall–Kier alpha value is -2.10. The van der Waals surface area contributed by atoms with Gasteiger partial charge >= 0.3 is 0 Å². The van der Waals surface area contributed by atoms with Crippen LogP contribution in [0.15, 0.2) is 42.7 Å². The van der Waals surface area contributed by atoms with Gasteiger partial charge in [-0.25, -0.2) is 0 Å². The summed E-state index contributed by atoms with van der Waals surface area (Å²) in [6.45, 7) is 2.89. The summed E-state index contributed by atoms with van der Waals surface area (Å²) in [7, 11) is 0. The van der Waals surface area contributed by atoms with Gasteiger partial charge in [0.1, 0.15) is 18.1 Å². The number of hydrogen-bond acceptors (Lipinski definition) is 3. The van der Waals surface area contributed by atoms with Gasteiger partial charge in [-0.05, 0) is 30.7 Å². The molecular weight excluding hydrogens is 228 g/mol. The molecule has 4 heteroatoms. The van der Waals surface area contributed by atoms with Crippen LogP contribution < -0.4 is 4.74 Å². The van der Waals surface area contributed by atoms with Crippen molar-refractivity contribution in [1.82, 2.24) is 9.78 Å². The van der Waals surface area contributed by atoms with Crippen molar-refractivity contribution in [2.24, 2.45) is 0 Å². The summed E-state index contributed by atoms with van der Waals surface area (Å²) in [5.41, 5.74) is 1.02. The number of hydrogen-bond donors (Lipinski definition) is 0. The normalized spacial score (nSPS) is 10.3. The van der Waals surface area contributed by atoms with Gasteiger partial charge in [-0.15, -0.1) is 0 Å². The van der Waals surface area contributed by atoms with Gasteiger partial charge in [0.05, 0.1) is 6.54 Å². The van der Waals surface area contributed by atoms with E-state index in [-0.39, 0.29) is 5.78 Å². The summed E-state index contributed by atoms with van der Waals surface area (Å²) in [5, 5.41) is 4.09. The highest BCUT2D eigenvalue weighted by Crippen LogP contribution is 2.12. The molecule has 94 valence electrons. The van der Waals surface area contributed by atoms with Gasteiger partial charge in [-0.1, -0.05) is 12.1 Å². The number of aromatic nitrogens is 2. The van der Waals surface area contributed by atoms with Crippen LogP contribution in [0.2, 0.25) is 0 Å². The predicted octanol–water partition coefficient (Wildman–Crippen LogP) is 2.09. The third kappa shape index (κ3) is 3.73. The van der Waals surface area contributed by atoms with E-state index in [1.54, 1.807) is 13.1 Å². The zero-order valence-corrected chi connectivity index (χ0v) is 10.4. The Labute approximate surface area is 106 Å². The topological polar surface area (TPSA) is 44.1 Å². The van der Waals surface area contributed by atoms with Crippen molar-refractivity contribution in [1.29, 1.82) is 0 Å². The summed E-state index contributed by atoms with van der Waals surface area (Å²) in [4.78, 5) is 11.0. The van der Waals surface area contributed by atoms with Crippen LogP contribution in [0.3, 0.4) is 0 Å². The lowest BCUT2D eigenvalue weighted by molar-refractivity contribution is -0.116. The minimum atomic E-state index is 0.169. The number of carbonyl (C=O) groups is 1. The van der Waals surface area contributed by atoms with E-state index in [0.717, 1.165) is 17.9 Å². The molecule has 0 radical (unpaired) electrons. The number of nitrogens with zero attached hydrogens (tertiary/aromatic N) is 2. The van der Waals surface area contributed by atoms with Crippen molar-refractivity contribution in [2.45, 2.75) is 19.9 Å². The van der Waals surface area contributed by atoms with Gasteiger partial charge in [0.15, 0.2) is 0 Å². The van der Waals surface area contributed by atoms with Crippen molar-refractivity contribution in [2.75, 3.05) is 6.61 Å². The van der Waals surface area contributed by atoms with Crippen molar-refractivity contribution >= 4 is 5.78 Å². The Kier molecular flexibility index (Phi) is 4.12. The van der Waals surface area contributed by atoms with Gasteiger partial charge in [0, 0.05) is 18.8 Å². The lowest BCUT2D eigenvalue weighted by Crippen LogP contribution is -2.08. The van der Waals surface area contributed by atoms with Crippen LogP contribution in [-0.4, -0.2) is 22.2 Å². The van der Waals surface area contributed by atoms with Crippen LogP contribution in [-0.2, 0) is 17.8 Å². The van der Waals surface area contributed by atoms with Crippen molar-refractivity contribution in [3.8, 4) is 5.75 Å². The average Bonchev–Trinajstić information content (AvgIpc) is 2.84. The van der Waals surface area contributed by atoms with E-state index in [4.69, 9.17) is 4.74 Å². The molecule has 0 fully saturated rings. The van der Waals surface area contributed by atoms with E-state index in [2.05, 4.69) is 5.10 Å². The smallest absolute Gasteiger partial charge is 0.134 e. The number of benzene rings is 1. The maximum absolute atomic E-state index is 11.0. The summed E-state index contributed by atoms with van der Waals surface area (Å²) in [6, 6.07) is 9.51. The van der Waals surface area contributed by atoms with Crippen LogP contribution in [0, 0.1) is 0 Å². The van der Waals surface area contributed by atoms with Gasteiger partial charge in [0.25, 0.3) is 0 Å². The lowest BCUT2D eigenvalue weighted by Gasteiger charge is -2.07. The van der Waals surface area contributed by atoms with Crippen molar-refractivity contribution in [3.05, 3.63) is 48.3 Å². The average molecular weight is 244 g/mol. The van der Waals surface area contributed by atoms with E-state index in [0.29, 0.717) is 13.0 Å². The summed E-state index contributed by atoms with van der Waals surface area (Å²) >= 11 is 0. The third-order valence-electron chi connectivity index (χ3n) is 2.52. The largest absolute Gasteiger partial charge is 0.492 e. The fraction of sp³-hybridized carbons (Fsp3) is 0.286. The highest BCUT2D eigenvalue weighted by Gasteiger charge is 1.99. The Morgan fingerprint density at radius 2 is 2.11 bits per heavy atom. The second-order valence-electron chi connectivity index (χ2n) is 4.14. The van der Waals surface area contributed by atoms with Crippen LogP contribution in [0.5, 0.6) is 5.75 Å². The first kappa shape index (κ1) is 12.4. The predicted molar refractivity (Wildman–Crippen MR) is 68.5 cm³/mol. The third-order valence-corrected chi connectivity index (χ3v) is 2.52. The maximum Gasteiger partial charge on any atom is 0.134 e. The van der Waals surface area contributed by atoms with E-state index in [9.17, 15) is 4.79 Å². The zero-order valence-electron chi connectivity index (χ0n) is 10.4. The standard InChI is InChI=1S/C14H16N2O2/c1-12(17)11-13-3-5-14(6-4-13)18-10-9-16-8-2-7-15-16/h2-8H,9-11H2,1H3. The summed E-state index contributed by atoms with van der Waals surface area (Å²) in [5.74, 6) is 0.983. The van der Waals surface area contributed by atoms with E-state index in [1.807, 2.05) is 41.2 Å². The molecule has 2 rings (SSSR count). The molecule has 0 amide bonds. The maximum atomic E-state index is 11.0. The molecular formula is C14H16N2O2.